The summed E-state index contributed by atoms with van der Waals surface area (Å²) < 4.78 is 0. The predicted octanol–water partition coefficient (Wildman–Crippen LogP) is 1.24. The van der Waals surface area contributed by atoms with E-state index in [0.717, 1.165) is 12.3 Å². The molecular weight excluding hydrogens is 154 g/mol. The number of carboxylic acid groups (broad SMARTS) is 1. The van der Waals surface area contributed by atoms with Crippen molar-refractivity contribution < 1.29 is 9.90 Å². The van der Waals surface area contributed by atoms with Gasteiger partial charge in [-0.25, -0.2) is 0 Å². The van der Waals surface area contributed by atoms with Gasteiger partial charge < -0.3 is 10.4 Å². The van der Waals surface area contributed by atoms with Crippen LogP contribution in [-0.4, -0.2) is 23.7 Å². The molecule has 2 N–H and O–H groups in total. The Bertz CT molecular complexity index is 155. The summed E-state index contributed by atoms with van der Waals surface area (Å²) >= 11 is 0. The van der Waals surface area contributed by atoms with E-state index in [1.54, 1.807) is 0 Å². The van der Waals surface area contributed by atoms with E-state index in [4.69, 9.17) is 5.11 Å². The fourth-order valence-electron chi connectivity index (χ4n) is 1.57. The summed E-state index contributed by atoms with van der Waals surface area (Å²) in [5, 5.41) is 11.4. The van der Waals surface area contributed by atoms with Gasteiger partial charge in [0.2, 0.25) is 0 Å². The molecule has 0 heterocycles. The standard InChI is InChI=1S/C9H17NO2/c1-7(10-6-9(11)12)5-8-3-2-4-8/h7-8,10H,2-6H2,1H3,(H,11,12). The molecule has 0 aliphatic heterocycles. The van der Waals surface area contributed by atoms with Gasteiger partial charge in [-0.1, -0.05) is 19.3 Å². The summed E-state index contributed by atoms with van der Waals surface area (Å²) in [5.41, 5.74) is 0. The van der Waals surface area contributed by atoms with Gasteiger partial charge in [0, 0.05) is 6.04 Å². The van der Waals surface area contributed by atoms with Gasteiger partial charge in [0.1, 0.15) is 0 Å². The van der Waals surface area contributed by atoms with Gasteiger partial charge in [-0.15, -0.1) is 0 Å². The Morgan fingerprint density at radius 3 is 2.75 bits per heavy atom. The molecule has 1 unspecified atom stereocenters. The highest BCUT2D eigenvalue weighted by Gasteiger charge is 2.19. The van der Waals surface area contributed by atoms with Crippen molar-refractivity contribution in [2.75, 3.05) is 6.54 Å². The summed E-state index contributed by atoms with van der Waals surface area (Å²) in [7, 11) is 0. The smallest absolute Gasteiger partial charge is 0.317 e. The van der Waals surface area contributed by atoms with Crippen molar-refractivity contribution >= 4 is 5.97 Å². The minimum absolute atomic E-state index is 0.0912. The average molecular weight is 171 g/mol. The molecule has 0 aromatic rings. The normalized spacial score (nSPS) is 20.1. The average Bonchev–Trinajstić information content (AvgIpc) is 1.93. The van der Waals surface area contributed by atoms with Crippen molar-refractivity contribution in [3.05, 3.63) is 0 Å². The van der Waals surface area contributed by atoms with Crippen LogP contribution in [0.2, 0.25) is 0 Å². The first kappa shape index (κ1) is 9.52. The van der Waals surface area contributed by atoms with E-state index in [1.807, 2.05) is 0 Å². The molecule has 0 saturated heterocycles. The van der Waals surface area contributed by atoms with Crippen LogP contribution in [0.15, 0.2) is 0 Å². The molecule has 0 aromatic carbocycles. The van der Waals surface area contributed by atoms with Crippen LogP contribution in [0.5, 0.6) is 0 Å². The minimum atomic E-state index is -0.768. The highest BCUT2D eigenvalue weighted by molar-refractivity contribution is 5.69. The van der Waals surface area contributed by atoms with Gasteiger partial charge in [-0.2, -0.15) is 0 Å². The van der Waals surface area contributed by atoms with E-state index in [2.05, 4.69) is 12.2 Å². The van der Waals surface area contributed by atoms with Crippen LogP contribution in [-0.2, 0) is 4.79 Å². The van der Waals surface area contributed by atoms with Gasteiger partial charge >= 0.3 is 5.97 Å². The molecule has 0 amide bonds. The van der Waals surface area contributed by atoms with Crippen molar-refractivity contribution in [1.82, 2.24) is 5.32 Å². The molecule has 1 aliphatic rings. The zero-order valence-corrected chi connectivity index (χ0v) is 7.55. The van der Waals surface area contributed by atoms with Gasteiger partial charge in [0.05, 0.1) is 6.54 Å². The number of hydrogen-bond donors (Lipinski definition) is 2. The first-order valence-corrected chi connectivity index (χ1v) is 4.63. The Morgan fingerprint density at radius 1 is 1.67 bits per heavy atom. The van der Waals surface area contributed by atoms with Crippen LogP contribution in [0.4, 0.5) is 0 Å². The van der Waals surface area contributed by atoms with Crippen molar-refractivity contribution in [3.8, 4) is 0 Å². The van der Waals surface area contributed by atoms with E-state index in [9.17, 15) is 4.79 Å². The second-order valence-corrected chi connectivity index (χ2v) is 3.71. The summed E-state index contributed by atoms with van der Waals surface area (Å²) in [6.07, 6.45) is 5.15. The first-order valence-electron chi connectivity index (χ1n) is 4.63. The van der Waals surface area contributed by atoms with Crippen molar-refractivity contribution in [3.63, 3.8) is 0 Å². The van der Waals surface area contributed by atoms with Crippen molar-refractivity contribution in [2.24, 2.45) is 5.92 Å². The second kappa shape index (κ2) is 4.45. The Morgan fingerprint density at radius 2 is 2.33 bits per heavy atom. The van der Waals surface area contributed by atoms with Gasteiger partial charge in [0.15, 0.2) is 0 Å². The van der Waals surface area contributed by atoms with Crippen LogP contribution in [0.3, 0.4) is 0 Å². The van der Waals surface area contributed by atoms with Gasteiger partial charge in [-0.3, -0.25) is 4.79 Å². The second-order valence-electron chi connectivity index (χ2n) is 3.71. The lowest BCUT2D eigenvalue weighted by molar-refractivity contribution is -0.136. The number of hydrogen-bond acceptors (Lipinski definition) is 2. The number of rotatable bonds is 5. The topological polar surface area (TPSA) is 49.3 Å². The highest BCUT2D eigenvalue weighted by atomic mass is 16.4. The first-order chi connectivity index (χ1) is 5.68. The molecule has 1 rings (SSSR count). The van der Waals surface area contributed by atoms with Crippen LogP contribution >= 0.6 is 0 Å². The van der Waals surface area contributed by atoms with Crippen molar-refractivity contribution in [1.29, 1.82) is 0 Å². The molecule has 0 radical (unpaired) electrons. The fourth-order valence-corrected chi connectivity index (χ4v) is 1.57. The molecule has 0 bridgehead atoms. The van der Waals surface area contributed by atoms with Crippen molar-refractivity contribution in [2.45, 2.75) is 38.6 Å². The third-order valence-electron chi connectivity index (χ3n) is 2.51. The third kappa shape index (κ3) is 3.22. The van der Waals surface area contributed by atoms with E-state index < -0.39 is 5.97 Å². The minimum Gasteiger partial charge on any atom is -0.480 e. The van der Waals surface area contributed by atoms with E-state index in [1.165, 1.54) is 19.3 Å². The third-order valence-corrected chi connectivity index (χ3v) is 2.51. The molecule has 3 nitrogen and oxygen atoms in total. The summed E-state index contributed by atoms with van der Waals surface area (Å²) in [6.45, 7) is 2.15. The molecular formula is C9H17NO2. The number of carboxylic acids is 1. The van der Waals surface area contributed by atoms with Crippen LogP contribution in [0, 0.1) is 5.92 Å². The molecule has 1 fully saturated rings. The van der Waals surface area contributed by atoms with E-state index >= 15 is 0 Å². The number of carbonyl (C=O) groups is 1. The van der Waals surface area contributed by atoms with Gasteiger partial charge in [0.25, 0.3) is 0 Å². The number of aliphatic carboxylic acids is 1. The van der Waals surface area contributed by atoms with Gasteiger partial charge in [-0.05, 0) is 19.3 Å². The quantitative estimate of drug-likeness (QED) is 0.654. The highest BCUT2D eigenvalue weighted by Crippen LogP contribution is 2.30. The largest absolute Gasteiger partial charge is 0.480 e. The molecule has 1 aliphatic carbocycles. The zero-order chi connectivity index (χ0) is 8.97. The van der Waals surface area contributed by atoms with E-state index in [0.29, 0.717) is 6.04 Å². The van der Waals surface area contributed by atoms with E-state index in [-0.39, 0.29) is 6.54 Å². The van der Waals surface area contributed by atoms with Crippen LogP contribution in [0.25, 0.3) is 0 Å². The van der Waals surface area contributed by atoms with Crippen LogP contribution in [0.1, 0.15) is 32.6 Å². The summed E-state index contributed by atoms with van der Waals surface area (Å²) in [4.78, 5) is 10.2. The lowest BCUT2D eigenvalue weighted by Gasteiger charge is -2.28. The molecule has 3 heteroatoms. The SMILES string of the molecule is CC(CC1CCC1)NCC(=O)O. The number of nitrogens with one attached hydrogen (secondary N) is 1. The maximum atomic E-state index is 10.2. The lowest BCUT2D eigenvalue weighted by Crippen LogP contribution is -2.34. The molecule has 0 aromatic heterocycles. The zero-order valence-electron chi connectivity index (χ0n) is 7.55. The Balaban J connectivity index is 2.02. The molecule has 70 valence electrons. The molecule has 1 saturated carbocycles. The lowest BCUT2D eigenvalue weighted by atomic mass is 9.81. The molecule has 1 atom stereocenters. The fraction of sp³-hybridized carbons (Fsp3) is 0.889. The van der Waals surface area contributed by atoms with Crippen LogP contribution < -0.4 is 5.32 Å². The predicted molar refractivity (Wildman–Crippen MR) is 47.1 cm³/mol. The Hall–Kier alpha value is -0.570. The summed E-state index contributed by atoms with van der Waals surface area (Å²) in [5.74, 6) is 0.0803. The monoisotopic (exact) mass is 171 g/mol. The Labute approximate surface area is 73.2 Å². The maximum Gasteiger partial charge on any atom is 0.317 e. The Kier molecular flexibility index (Phi) is 3.53. The molecule has 0 spiro atoms. The molecule has 12 heavy (non-hydrogen) atoms. The summed E-state index contributed by atoms with van der Waals surface area (Å²) in [6, 6.07) is 0.353. The maximum absolute atomic E-state index is 10.2.